The zero-order chi connectivity index (χ0) is 7.84. The van der Waals surface area contributed by atoms with Gasteiger partial charge in [0.25, 0.3) is 0 Å². The van der Waals surface area contributed by atoms with Gasteiger partial charge in [0.05, 0.1) is 11.4 Å². The molecular weight excluding hydrogens is 142 g/mol. The lowest BCUT2D eigenvalue weighted by molar-refractivity contribution is 0.797. The molecule has 5 nitrogen and oxygen atoms in total. The molecule has 11 heavy (non-hydrogen) atoms. The third-order valence-corrected chi connectivity index (χ3v) is 1.57. The number of aryl methyl sites for hydroxylation is 2. The van der Waals surface area contributed by atoms with E-state index in [9.17, 15) is 0 Å². The maximum absolute atomic E-state index is 4.12. The molecule has 2 rings (SSSR count). The first-order valence-corrected chi connectivity index (χ1v) is 3.29. The summed E-state index contributed by atoms with van der Waals surface area (Å²) in [6.45, 7) is 3.79. The first-order valence-electron chi connectivity index (χ1n) is 3.29. The summed E-state index contributed by atoms with van der Waals surface area (Å²) in [5, 5.41) is 11.2. The molecule has 0 saturated carbocycles. The molecule has 0 aliphatic rings. The first kappa shape index (κ1) is 6.21. The van der Waals surface area contributed by atoms with E-state index < -0.39 is 0 Å². The van der Waals surface area contributed by atoms with Crippen LogP contribution in [0.5, 0.6) is 0 Å². The van der Waals surface area contributed by atoms with E-state index in [4.69, 9.17) is 0 Å². The molecule has 0 amide bonds. The fraction of sp³-hybridized carbons (Fsp3) is 0.333. The fourth-order valence-corrected chi connectivity index (χ4v) is 0.953. The van der Waals surface area contributed by atoms with Gasteiger partial charge in [0.1, 0.15) is 0 Å². The van der Waals surface area contributed by atoms with Crippen LogP contribution in [0, 0.1) is 13.8 Å². The Labute approximate surface area is 63.1 Å². The van der Waals surface area contributed by atoms with Gasteiger partial charge in [-0.3, -0.25) is 4.98 Å². The summed E-state index contributed by atoms with van der Waals surface area (Å²) in [4.78, 5) is 4.12. The van der Waals surface area contributed by atoms with Crippen LogP contribution in [0.15, 0.2) is 6.20 Å². The van der Waals surface area contributed by atoms with Gasteiger partial charge in [-0.25, -0.2) is 0 Å². The zero-order valence-electron chi connectivity index (χ0n) is 6.31. The molecule has 2 aromatic rings. The van der Waals surface area contributed by atoms with Gasteiger partial charge in [-0.05, 0) is 24.3 Å². The molecule has 0 spiro atoms. The van der Waals surface area contributed by atoms with Gasteiger partial charge in [0, 0.05) is 6.20 Å². The van der Waals surface area contributed by atoms with Gasteiger partial charge >= 0.3 is 0 Å². The second kappa shape index (κ2) is 1.98. The van der Waals surface area contributed by atoms with Crippen molar-refractivity contribution in [3.8, 4) is 0 Å². The third kappa shape index (κ3) is 0.772. The topological polar surface area (TPSA) is 56.0 Å². The number of hydrogen-bond acceptors (Lipinski definition) is 4. The van der Waals surface area contributed by atoms with Crippen molar-refractivity contribution in [3.63, 3.8) is 0 Å². The van der Waals surface area contributed by atoms with E-state index in [1.54, 1.807) is 10.7 Å². The Morgan fingerprint density at radius 2 is 2.18 bits per heavy atom. The summed E-state index contributed by atoms with van der Waals surface area (Å²) < 4.78 is 1.67. The minimum atomic E-state index is 0.727. The van der Waals surface area contributed by atoms with E-state index in [1.165, 1.54) is 0 Å². The van der Waals surface area contributed by atoms with Crippen molar-refractivity contribution in [2.45, 2.75) is 13.8 Å². The molecule has 0 aliphatic carbocycles. The molecule has 2 aromatic heterocycles. The highest BCUT2D eigenvalue weighted by Gasteiger charge is 2.02. The smallest absolute Gasteiger partial charge is 0.200 e. The van der Waals surface area contributed by atoms with E-state index in [1.807, 2.05) is 13.8 Å². The monoisotopic (exact) mass is 149 g/mol. The molecule has 2 heterocycles. The first-order chi connectivity index (χ1) is 5.29. The van der Waals surface area contributed by atoms with E-state index in [2.05, 4.69) is 20.5 Å². The van der Waals surface area contributed by atoms with Crippen molar-refractivity contribution < 1.29 is 0 Å². The van der Waals surface area contributed by atoms with Gasteiger partial charge < -0.3 is 0 Å². The minimum absolute atomic E-state index is 0.727. The molecule has 0 radical (unpaired) electrons. The molecule has 56 valence electrons. The second-order valence-electron chi connectivity index (χ2n) is 2.40. The molecule has 0 bridgehead atoms. The van der Waals surface area contributed by atoms with Crippen molar-refractivity contribution in [2.75, 3.05) is 0 Å². The predicted octanol–water partition coefficient (Wildman–Crippen LogP) is 0.136. The van der Waals surface area contributed by atoms with Gasteiger partial charge in [-0.1, -0.05) is 0 Å². The van der Waals surface area contributed by atoms with Crippen LogP contribution < -0.4 is 0 Å². The number of rotatable bonds is 0. The van der Waals surface area contributed by atoms with Gasteiger partial charge in [-0.2, -0.15) is 4.52 Å². The second-order valence-corrected chi connectivity index (χ2v) is 2.40. The summed E-state index contributed by atoms with van der Waals surface area (Å²) in [7, 11) is 0. The lowest BCUT2D eigenvalue weighted by Gasteiger charge is -1.96. The average molecular weight is 149 g/mol. The third-order valence-electron chi connectivity index (χ3n) is 1.57. The molecule has 0 atom stereocenters. The summed E-state index contributed by atoms with van der Waals surface area (Å²) >= 11 is 0. The average Bonchev–Trinajstić information content (AvgIpc) is 2.45. The van der Waals surface area contributed by atoms with Gasteiger partial charge in [-0.15, -0.1) is 5.10 Å². The number of aromatic nitrogens is 5. The maximum Gasteiger partial charge on any atom is 0.200 e. The molecule has 0 unspecified atom stereocenters. The van der Waals surface area contributed by atoms with Gasteiger partial charge in [0.2, 0.25) is 5.65 Å². The SMILES string of the molecule is Cc1ncc(C)n2nnnc12. The highest BCUT2D eigenvalue weighted by atomic mass is 15.5. The predicted molar refractivity (Wildman–Crippen MR) is 38.1 cm³/mol. The molecule has 0 fully saturated rings. The fourth-order valence-electron chi connectivity index (χ4n) is 0.953. The van der Waals surface area contributed by atoms with E-state index in [-0.39, 0.29) is 0 Å². The number of fused-ring (bicyclic) bond motifs is 1. The molecule has 0 N–H and O–H groups in total. The highest BCUT2D eigenvalue weighted by molar-refractivity contribution is 5.40. The number of hydrogen-bond donors (Lipinski definition) is 0. The number of nitrogens with zero attached hydrogens (tertiary/aromatic N) is 5. The van der Waals surface area contributed by atoms with Crippen LogP contribution in [0.3, 0.4) is 0 Å². The van der Waals surface area contributed by atoms with Crippen LogP contribution in [0.4, 0.5) is 0 Å². The maximum atomic E-state index is 4.12. The van der Waals surface area contributed by atoms with Crippen molar-refractivity contribution >= 4 is 5.65 Å². The number of tetrazole rings is 1. The molecule has 0 saturated heterocycles. The van der Waals surface area contributed by atoms with Crippen LogP contribution in [-0.2, 0) is 0 Å². The Balaban J connectivity index is 2.96. The molecule has 0 aromatic carbocycles. The Hall–Kier alpha value is -1.52. The standard InChI is InChI=1S/C6H7N5/c1-4-3-7-5(2)6-8-9-10-11(4)6/h3H,1-2H3. The largest absolute Gasteiger partial charge is 0.256 e. The van der Waals surface area contributed by atoms with Crippen LogP contribution in [-0.4, -0.2) is 25.0 Å². The van der Waals surface area contributed by atoms with Crippen molar-refractivity contribution in [2.24, 2.45) is 0 Å². The summed E-state index contributed by atoms with van der Waals surface area (Å²) in [5.74, 6) is 0. The summed E-state index contributed by atoms with van der Waals surface area (Å²) in [6.07, 6.45) is 1.75. The lowest BCUT2D eigenvalue weighted by Crippen LogP contribution is -1.97. The summed E-state index contributed by atoms with van der Waals surface area (Å²) in [5.41, 5.74) is 2.52. The van der Waals surface area contributed by atoms with E-state index in [0.717, 1.165) is 17.0 Å². The van der Waals surface area contributed by atoms with Gasteiger partial charge in [0.15, 0.2) is 0 Å². The van der Waals surface area contributed by atoms with Crippen molar-refractivity contribution in [3.05, 3.63) is 17.6 Å². The minimum Gasteiger partial charge on any atom is -0.256 e. The Bertz CT molecular complexity index is 355. The Kier molecular flexibility index (Phi) is 1.12. The van der Waals surface area contributed by atoms with Crippen LogP contribution >= 0.6 is 0 Å². The summed E-state index contributed by atoms with van der Waals surface area (Å²) in [6, 6.07) is 0. The molecular formula is C6H7N5. The van der Waals surface area contributed by atoms with Crippen molar-refractivity contribution in [1.29, 1.82) is 0 Å². The Morgan fingerprint density at radius 3 is 2.91 bits per heavy atom. The van der Waals surface area contributed by atoms with E-state index >= 15 is 0 Å². The van der Waals surface area contributed by atoms with Crippen molar-refractivity contribution in [1.82, 2.24) is 25.0 Å². The highest BCUT2D eigenvalue weighted by Crippen LogP contribution is 2.02. The quantitative estimate of drug-likeness (QED) is 0.534. The van der Waals surface area contributed by atoms with Crippen LogP contribution in [0.1, 0.15) is 11.4 Å². The zero-order valence-corrected chi connectivity index (χ0v) is 6.31. The van der Waals surface area contributed by atoms with Crippen LogP contribution in [0.2, 0.25) is 0 Å². The molecule has 0 aliphatic heterocycles. The van der Waals surface area contributed by atoms with E-state index in [0.29, 0.717) is 0 Å². The van der Waals surface area contributed by atoms with Crippen LogP contribution in [0.25, 0.3) is 5.65 Å². The Morgan fingerprint density at radius 1 is 1.36 bits per heavy atom. The molecule has 5 heteroatoms. The normalized spacial score (nSPS) is 10.7. The lowest BCUT2D eigenvalue weighted by atomic mass is 10.4.